The van der Waals surface area contributed by atoms with Crippen molar-refractivity contribution < 1.29 is 14.3 Å². The number of aromatic nitrogens is 1. The summed E-state index contributed by atoms with van der Waals surface area (Å²) in [5.41, 5.74) is 4.21. The number of nitrogens with zero attached hydrogens (tertiary/aromatic N) is 1. The van der Waals surface area contributed by atoms with Gasteiger partial charge in [-0.3, -0.25) is 9.78 Å². The average molecular weight is 312 g/mol. The number of carbonyl (C=O) groups excluding carboxylic acids is 1. The Labute approximate surface area is 135 Å². The van der Waals surface area contributed by atoms with Crippen molar-refractivity contribution in [3.05, 3.63) is 47.7 Å². The van der Waals surface area contributed by atoms with E-state index in [0.29, 0.717) is 6.54 Å². The molecule has 120 valence electrons. The first-order valence-corrected chi connectivity index (χ1v) is 7.65. The summed E-state index contributed by atoms with van der Waals surface area (Å²) in [4.78, 5) is 16.0. The predicted molar refractivity (Wildman–Crippen MR) is 87.4 cm³/mol. The zero-order valence-corrected chi connectivity index (χ0v) is 13.3. The van der Waals surface area contributed by atoms with E-state index >= 15 is 0 Å². The van der Waals surface area contributed by atoms with E-state index in [1.165, 1.54) is 7.11 Å². The molecule has 2 heterocycles. The van der Waals surface area contributed by atoms with E-state index in [0.717, 1.165) is 34.6 Å². The minimum Gasteiger partial charge on any atom is -0.487 e. The van der Waals surface area contributed by atoms with Gasteiger partial charge in [-0.15, -0.1) is 0 Å². The fourth-order valence-corrected chi connectivity index (χ4v) is 2.82. The highest BCUT2D eigenvalue weighted by atomic mass is 16.5. The zero-order valence-electron chi connectivity index (χ0n) is 13.3. The molecule has 5 heteroatoms. The molecule has 0 aliphatic carbocycles. The molecule has 0 saturated heterocycles. The molecule has 1 aliphatic heterocycles. The lowest BCUT2D eigenvalue weighted by Gasteiger charge is -2.14. The highest BCUT2D eigenvalue weighted by Crippen LogP contribution is 2.38. The maximum absolute atomic E-state index is 11.5. The highest BCUT2D eigenvalue weighted by Gasteiger charge is 2.26. The SMILES string of the molecule is COCC(=O)NCC1Cc2cccc(-c3ncccc3C)c2O1. The van der Waals surface area contributed by atoms with Gasteiger partial charge >= 0.3 is 0 Å². The van der Waals surface area contributed by atoms with Crippen molar-refractivity contribution in [2.24, 2.45) is 0 Å². The molecule has 0 radical (unpaired) electrons. The molecule has 1 unspecified atom stereocenters. The molecule has 1 amide bonds. The number of ether oxygens (including phenoxy) is 2. The van der Waals surface area contributed by atoms with E-state index in [1.54, 1.807) is 6.20 Å². The number of amides is 1. The normalized spacial score (nSPS) is 15.8. The predicted octanol–water partition coefficient (Wildman–Crippen LogP) is 2.12. The molecule has 23 heavy (non-hydrogen) atoms. The molecular formula is C18H20N2O3. The van der Waals surface area contributed by atoms with Crippen molar-refractivity contribution in [2.75, 3.05) is 20.3 Å². The molecule has 0 saturated carbocycles. The molecule has 1 aliphatic rings. The van der Waals surface area contributed by atoms with Crippen LogP contribution in [0.15, 0.2) is 36.5 Å². The first kappa shape index (κ1) is 15.5. The maximum atomic E-state index is 11.5. The van der Waals surface area contributed by atoms with Crippen LogP contribution in [0.1, 0.15) is 11.1 Å². The van der Waals surface area contributed by atoms with Gasteiger partial charge in [-0.2, -0.15) is 0 Å². The number of benzene rings is 1. The standard InChI is InChI=1S/C18H20N2O3/c1-12-5-4-8-19-17(12)15-7-3-6-13-9-14(23-18(13)15)10-20-16(21)11-22-2/h3-8,14H,9-11H2,1-2H3,(H,20,21). The van der Waals surface area contributed by atoms with Crippen LogP contribution >= 0.6 is 0 Å². The summed E-state index contributed by atoms with van der Waals surface area (Å²) >= 11 is 0. The van der Waals surface area contributed by atoms with Gasteiger partial charge in [-0.25, -0.2) is 0 Å². The largest absolute Gasteiger partial charge is 0.487 e. The minimum atomic E-state index is -0.132. The van der Waals surface area contributed by atoms with Crippen molar-refractivity contribution in [3.8, 4) is 17.0 Å². The number of pyridine rings is 1. The van der Waals surface area contributed by atoms with E-state index in [1.807, 2.05) is 31.2 Å². The maximum Gasteiger partial charge on any atom is 0.246 e. The number of hydrogen-bond acceptors (Lipinski definition) is 4. The van der Waals surface area contributed by atoms with Gasteiger partial charge in [0, 0.05) is 25.3 Å². The lowest BCUT2D eigenvalue weighted by molar-refractivity contribution is -0.125. The van der Waals surface area contributed by atoms with Crippen LogP contribution in [0.4, 0.5) is 0 Å². The number of hydrogen-bond donors (Lipinski definition) is 1. The van der Waals surface area contributed by atoms with E-state index in [-0.39, 0.29) is 18.6 Å². The van der Waals surface area contributed by atoms with Gasteiger partial charge in [0.25, 0.3) is 0 Å². The molecule has 0 fully saturated rings. The highest BCUT2D eigenvalue weighted by molar-refractivity contribution is 5.77. The van der Waals surface area contributed by atoms with E-state index in [2.05, 4.69) is 16.4 Å². The van der Waals surface area contributed by atoms with Crippen LogP contribution in [0.5, 0.6) is 5.75 Å². The van der Waals surface area contributed by atoms with Crippen LogP contribution in [0, 0.1) is 6.92 Å². The molecule has 1 N–H and O–H groups in total. The molecule has 0 bridgehead atoms. The summed E-state index contributed by atoms with van der Waals surface area (Å²) in [5, 5.41) is 2.83. The van der Waals surface area contributed by atoms with Crippen LogP contribution in [0.2, 0.25) is 0 Å². The molecule has 2 aromatic rings. The van der Waals surface area contributed by atoms with E-state index < -0.39 is 0 Å². The minimum absolute atomic E-state index is 0.0593. The van der Waals surface area contributed by atoms with Gasteiger partial charge in [-0.05, 0) is 30.2 Å². The summed E-state index contributed by atoms with van der Waals surface area (Å²) in [6, 6.07) is 10.1. The quantitative estimate of drug-likeness (QED) is 0.919. The lowest BCUT2D eigenvalue weighted by atomic mass is 10.0. The number of aryl methyl sites for hydroxylation is 1. The van der Waals surface area contributed by atoms with Gasteiger partial charge in [0.2, 0.25) is 5.91 Å². The Morgan fingerprint density at radius 2 is 2.26 bits per heavy atom. The fraction of sp³-hybridized carbons (Fsp3) is 0.333. The average Bonchev–Trinajstić information content (AvgIpc) is 2.97. The first-order valence-electron chi connectivity index (χ1n) is 7.65. The van der Waals surface area contributed by atoms with Crippen LogP contribution in [-0.2, 0) is 16.0 Å². The van der Waals surface area contributed by atoms with Crippen molar-refractivity contribution in [3.63, 3.8) is 0 Å². The fourth-order valence-electron chi connectivity index (χ4n) is 2.82. The first-order chi connectivity index (χ1) is 11.2. The Hall–Kier alpha value is -2.40. The smallest absolute Gasteiger partial charge is 0.246 e. The molecule has 0 spiro atoms. The molecule has 1 aromatic heterocycles. The monoisotopic (exact) mass is 312 g/mol. The van der Waals surface area contributed by atoms with E-state index in [9.17, 15) is 4.79 Å². The molecule has 5 nitrogen and oxygen atoms in total. The van der Waals surface area contributed by atoms with Gasteiger partial charge in [0.05, 0.1) is 12.2 Å². The molecule has 1 aromatic carbocycles. The molecule has 3 rings (SSSR count). The second kappa shape index (κ2) is 6.79. The van der Waals surface area contributed by atoms with Gasteiger partial charge in [-0.1, -0.05) is 18.2 Å². The van der Waals surface area contributed by atoms with Crippen LogP contribution in [-0.4, -0.2) is 37.3 Å². The van der Waals surface area contributed by atoms with Crippen LogP contribution in [0.3, 0.4) is 0 Å². The lowest BCUT2D eigenvalue weighted by Crippen LogP contribution is -2.36. The molecular weight excluding hydrogens is 292 g/mol. The third kappa shape index (κ3) is 3.35. The Kier molecular flexibility index (Phi) is 4.57. The Morgan fingerprint density at radius 3 is 3.04 bits per heavy atom. The number of carbonyl (C=O) groups is 1. The van der Waals surface area contributed by atoms with Crippen molar-refractivity contribution in [1.29, 1.82) is 0 Å². The number of rotatable bonds is 5. The Morgan fingerprint density at radius 1 is 1.39 bits per heavy atom. The molecule has 1 atom stereocenters. The summed E-state index contributed by atoms with van der Waals surface area (Å²) in [7, 11) is 1.50. The van der Waals surface area contributed by atoms with Gasteiger partial charge in [0.15, 0.2) is 0 Å². The zero-order chi connectivity index (χ0) is 16.2. The second-order valence-corrected chi connectivity index (χ2v) is 5.64. The summed E-state index contributed by atoms with van der Waals surface area (Å²) < 4.78 is 10.9. The van der Waals surface area contributed by atoms with Crippen LogP contribution in [0.25, 0.3) is 11.3 Å². The number of para-hydroxylation sites is 1. The van der Waals surface area contributed by atoms with Crippen molar-refractivity contribution in [2.45, 2.75) is 19.4 Å². The van der Waals surface area contributed by atoms with Crippen LogP contribution < -0.4 is 10.1 Å². The second-order valence-electron chi connectivity index (χ2n) is 5.64. The van der Waals surface area contributed by atoms with Gasteiger partial charge in [0.1, 0.15) is 18.5 Å². The number of nitrogens with one attached hydrogen (secondary N) is 1. The summed E-state index contributed by atoms with van der Waals surface area (Å²) in [6.07, 6.45) is 2.51. The number of methoxy groups -OCH3 is 1. The Balaban J connectivity index is 1.77. The van der Waals surface area contributed by atoms with E-state index in [4.69, 9.17) is 9.47 Å². The van der Waals surface area contributed by atoms with Gasteiger partial charge < -0.3 is 14.8 Å². The van der Waals surface area contributed by atoms with Crippen molar-refractivity contribution in [1.82, 2.24) is 10.3 Å². The summed E-state index contributed by atoms with van der Waals surface area (Å²) in [5.74, 6) is 0.744. The number of fused-ring (bicyclic) bond motifs is 1. The third-order valence-electron chi connectivity index (χ3n) is 3.90. The Bertz CT molecular complexity index is 715. The van der Waals surface area contributed by atoms with Crippen molar-refractivity contribution >= 4 is 5.91 Å². The summed E-state index contributed by atoms with van der Waals surface area (Å²) in [6.45, 7) is 2.58. The topological polar surface area (TPSA) is 60.5 Å². The third-order valence-corrected chi connectivity index (χ3v) is 3.90.